The summed E-state index contributed by atoms with van der Waals surface area (Å²) in [5.74, 6) is 0. The van der Waals surface area contributed by atoms with Crippen LogP contribution in [0.4, 0.5) is 11.4 Å². The average Bonchev–Trinajstić information content (AvgIpc) is 2.35. The molecule has 0 saturated carbocycles. The molecule has 0 unspecified atom stereocenters. The van der Waals surface area contributed by atoms with Gasteiger partial charge >= 0.3 is 0 Å². The molecule has 0 aliphatic carbocycles. The van der Waals surface area contributed by atoms with Crippen molar-refractivity contribution in [3.8, 4) is 0 Å². The van der Waals surface area contributed by atoms with E-state index in [1.54, 1.807) is 0 Å². The van der Waals surface area contributed by atoms with E-state index in [9.17, 15) is 0 Å². The number of benzene rings is 1. The third kappa shape index (κ3) is 2.91. The Morgan fingerprint density at radius 3 is 2.76 bits per heavy atom. The van der Waals surface area contributed by atoms with E-state index in [0.717, 1.165) is 19.6 Å². The zero-order chi connectivity index (χ0) is 12.3. The lowest BCUT2D eigenvalue weighted by atomic mass is 10.0. The first-order chi connectivity index (χ1) is 8.18. The van der Waals surface area contributed by atoms with Gasteiger partial charge in [0.2, 0.25) is 0 Å². The molecular weight excluding hydrogens is 210 g/mol. The predicted octanol–water partition coefficient (Wildman–Crippen LogP) is 2.04. The second-order valence-corrected chi connectivity index (χ2v) is 5.07. The predicted molar refractivity (Wildman–Crippen MR) is 75.1 cm³/mol. The van der Waals surface area contributed by atoms with Crippen molar-refractivity contribution in [3.63, 3.8) is 0 Å². The number of para-hydroxylation sites is 1. The van der Waals surface area contributed by atoms with Crippen molar-refractivity contribution in [2.24, 2.45) is 0 Å². The molecule has 2 rings (SSSR count). The molecule has 1 aromatic rings. The molecular formula is C14H23N3. The van der Waals surface area contributed by atoms with Crippen molar-refractivity contribution < 1.29 is 0 Å². The van der Waals surface area contributed by atoms with E-state index < -0.39 is 0 Å². The molecule has 0 saturated heterocycles. The number of aryl methyl sites for hydroxylation is 1. The molecule has 0 atom stereocenters. The second-order valence-electron chi connectivity index (χ2n) is 5.07. The molecule has 1 heterocycles. The van der Waals surface area contributed by atoms with Crippen LogP contribution >= 0.6 is 0 Å². The quantitative estimate of drug-likeness (QED) is 0.858. The minimum Gasteiger partial charge on any atom is -0.383 e. The smallest absolute Gasteiger partial charge is 0.0610 e. The molecule has 94 valence electrons. The number of nitrogens with zero attached hydrogens (tertiary/aromatic N) is 2. The second kappa shape index (κ2) is 5.41. The minimum atomic E-state index is 1.06. The summed E-state index contributed by atoms with van der Waals surface area (Å²) < 4.78 is 0. The molecule has 0 radical (unpaired) electrons. The van der Waals surface area contributed by atoms with Gasteiger partial charge < -0.3 is 15.1 Å². The molecule has 17 heavy (non-hydrogen) atoms. The van der Waals surface area contributed by atoms with Crippen molar-refractivity contribution in [3.05, 3.63) is 23.8 Å². The van der Waals surface area contributed by atoms with Gasteiger partial charge in [0.25, 0.3) is 0 Å². The first kappa shape index (κ1) is 12.2. The number of nitrogens with one attached hydrogen (secondary N) is 1. The van der Waals surface area contributed by atoms with Crippen molar-refractivity contribution in [1.82, 2.24) is 4.90 Å². The minimum absolute atomic E-state index is 1.06. The molecule has 0 bridgehead atoms. The van der Waals surface area contributed by atoms with Gasteiger partial charge in [-0.1, -0.05) is 12.1 Å². The van der Waals surface area contributed by atoms with Gasteiger partial charge in [0.1, 0.15) is 0 Å². The van der Waals surface area contributed by atoms with Crippen molar-refractivity contribution in [1.29, 1.82) is 0 Å². The Hall–Kier alpha value is -1.22. The van der Waals surface area contributed by atoms with Gasteiger partial charge in [-0.2, -0.15) is 0 Å². The van der Waals surface area contributed by atoms with E-state index in [1.807, 2.05) is 0 Å². The summed E-state index contributed by atoms with van der Waals surface area (Å²) >= 11 is 0. The summed E-state index contributed by atoms with van der Waals surface area (Å²) in [5.41, 5.74) is 4.15. The van der Waals surface area contributed by atoms with E-state index >= 15 is 0 Å². The summed E-state index contributed by atoms with van der Waals surface area (Å²) in [7, 11) is 6.41. The van der Waals surface area contributed by atoms with Gasteiger partial charge in [0.05, 0.1) is 11.4 Å². The largest absolute Gasteiger partial charge is 0.383 e. The van der Waals surface area contributed by atoms with Gasteiger partial charge in [-0.3, -0.25) is 0 Å². The van der Waals surface area contributed by atoms with Gasteiger partial charge in [0, 0.05) is 26.7 Å². The molecule has 3 nitrogen and oxygen atoms in total. The molecule has 1 aliphatic rings. The molecule has 1 N–H and O–H groups in total. The summed E-state index contributed by atoms with van der Waals surface area (Å²) in [6, 6.07) is 6.63. The van der Waals surface area contributed by atoms with Crippen LogP contribution in [-0.4, -0.2) is 45.7 Å². The number of fused-ring (bicyclic) bond motifs is 1. The average molecular weight is 233 g/mol. The van der Waals surface area contributed by atoms with Crippen molar-refractivity contribution in [2.75, 3.05) is 51.0 Å². The first-order valence-electron chi connectivity index (χ1n) is 6.40. The molecule has 0 spiro atoms. The highest BCUT2D eigenvalue weighted by Crippen LogP contribution is 2.32. The van der Waals surface area contributed by atoms with Crippen LogP contribution in [0.15, 0.2) is 18.2 Å². The highest BCUT2D eigenvalue weighted by Gasteiger charge is 2.14. The Labute approximate surface area is 104 Å². The van der Waals surface area contributed by atoms with Crippen molar-refractivity contribution in [2.45, 2.75) is 12.8 Å². The Kier molecular flexibility index (Phi) is 3.89. The lowest BCUT2D eigenvalue weighted by molar-refractivity contribution is 0.416. The topological polar surface area (TPSA) is 18.5 Å². The summed E-state index contributed by atoms with van der Waals surface area (Å²) in [6.45, 7) is 3.25. The Morgan fingerprint density at radius 1 is 1.18 bits per heavy atom. The molecule has 3 heteroatoms. The van der Waals surface area contributed by atoms with Gasteiger partial charge in [-0.05, 0) is 38.6 Å². The van der Waals surface area contributed by atoms with E-state index in [2.05, 4.69) is 54.5 Å². The molecule has 0 fully saturated rings. The Balaban J connectivity index is 2.14. The summed E-state index contributed by atoms with van der Waals surface area (Å²) in [4.78, 5) is 4.57. The van der Waals surface area contributed by atoms with Crippen LogP contribution in [0, 0.1) is 0 Å². The monoisotopic (exact) mass is 233 g/mol. The van der Waals surface area contributed by atoms with Crippen LogP contribution < -0.4 is 10.2 Å². The fourth-order valence-electron chi connectivity index (χ4n) is 2.28. The third-order valence-electron chi connectivity index (χ3n) is 3.35. The zero-order valence-corrected chi connectivity index (χ0v) is 11.2. The highest BCUT2D eigenvalue weighted by atomic mass is 15.2. The Morgan fingerprint density at radius 2 is 2.00 bits per heavy atom. The van der Waals surface area contributed by atoms with Crippen LogP contribution in [0.2, 0.25) is 0 Å². The maximum Gasteiger partial charge on any atom is 0.0610 e. The fourth-order valence-corrected chi connectivity index (χ4v) is 2.28. The lowest BCUT2D eigenvalue weighted by Gasteiger charge is -2.28. The number of hydrogen-bond acceptors (Lipinski definition) is 3. The maximum atomic E-state index is 3.54. The van der Waals surface area contributed by atoms with Crippen LogP contribution in [0.1, 0.15) is 12.0 Å². The lowest BCUT2D eigenvalue weighted by Crippen LogP contribution is -2.29. The van der Waals surface area contributed by atoms with Gasteiger partial charge in [-0.25, -0.2) is 0 Å². The molecule has 1 aromatic carbocycles. The zero-order valence-electron chi connectivity index (χ0n) is 11.2. The van der Waals surface area contributed by atoms with Crippen LogP contribution in [-0.2, 0) is 6.42 Å². The molecule has 1 aliphatic heterocycles. The van der Waals surface area contributed by atoms with Gasteiger partial charge in [-0.15, -0.1) is 0 Å². The highest BCUT2D eigenvalue weighted by molar-refractivity contribution is 5.74. The standard InChI is InChI=1S/C14H23N3/c1-16(2)10-11-17(3)13-8-4-6-12-7-5-9-15-14(12)13/h4,6,8,15H,5,7,9-11H2,1-3H3. The number of anilines is 2. The van der Waals surface area contributed by atoms with E-state index in [-0.39, 0.29) is 0 Å². The van der Waals surface area contributed by atoms with E-state index in [0.29, 0.717) is 0 Å². The normalized spacial score (nSPS) is 14.4. The maximum absolute atomic E-state index is 3.54. The molecule has 0 aromatic heterocycles. The van der Waals surface area contributed by atoms with E-state index in [4.69, 9.17) is 0 Å². The summed E-state index contributed by atoms with van der Waals surface area (Å²) in [6.07, 6.45) is 2.45. The Bertz CT molecular complexity index is 374. The van der Waals surface area contributed by atoms with Crippen LogP contribution in [0.5, 0.6) is 0 Å². The fraction of sp³-hybridized carbons (Fsp3) is 0.571. The molecule has 0 amide bonds. The van der Waals surface area contributed by atoms with E-state index in [1.165, 1.54) is 29.8 Å². The number of likely N-dealkylation sites (N-methyl/N-ethyl adjacent to an activating group) is 2. The summed E-state index contributed by atoms with van der Waals surface area (Å²) in [5, 5.41) is 3.54. The van der Waals surface area contributed by atoms with Crippen LogP contribution in [0.25, 0.3) is 0 Å². The van der Waals surface area contributed by atoms with Gasteiger partial charge in [0.15, 0.2) is 0 Å². The SMILES string of the molecule is CN(C)CCN(C)c1cccc2c1NCCC2. The van der Waals surface area contributed by atoms with Crippen molar-refractivity contribution >= 4 is 11.4 Å². The third-order valence-corrected chi connectivity index (χ3v) is 3.35. The van der Waals surface area contributed by atoms with Crippen LogP contribution in [0.3, 0.4) is 0 Å². The number of hydrogen-bond donors (Lipinski definition) is 1. The first-order valence-corrected chi connectivity index (χ1v) is 6.40. The number of rotatable bonds is 4.